The number of rotatable bonds is 6. The zero-order valence-corrected chi connectivity index (χ0v) is 13.1. The SMILES string of the molecule is CCc1ccc(O[C@H](C)C(=O)N[C@@H](C)[C@H]2CCCO2)cc1. The van der Waals surface area contributed by atoms with Gasteiger partial charge in [-0.3, -0.25) is 4.79 Å². The maximum atomic E-state index is 12.1. The molecule has 0 aliphatic carbocycles. The van der Waals surface area contributed by atoms with Gasteiger partial charge < -0.3 is 14.8 Å². The standard InChI is InChI=1S/C17H25NO3/c1-4-14-7-9-15(10-8-14)21-13(3)17(19)18-12(2)16-6-5-11-20-16/h7-10,12-13,16H,4-6,11H2,1-3H3,(H,18,19)/t12-,13+,16+/m0/s1. The molecule has 21 heavy (non-hydrogen) atoms. The van der Waals surface area contributed by atoms with Crippen molar-refractivity contribution >= 4 is 5.91 Å². The van der Waals surface area contributed by atoms with Crippen LogP contribution in [0, 0.1) is 0 Å². The van der Waals surface area contributed by atoms with Gasteiger partial charge in [0.05, 0.1) is 12.1 Å². The molecule has 1 aliphatic rings. The van der Waals surface area contributed by atoms with E-state index in [9.17, 15) is 4.79 Å². The number of carbonyl (C=O) groups is 1. The molecule has 0 bridgehead atoms. The molecule has 1 aliphatic heterocycles. The topological polar surface area (TPSA) is 47.6 Å². The molecule has 2 rings (SSSR count). The van der Waals surface area contributed by atoms with Gasteiger partial charge in [-0.25, -0.2) is 0 Å². The van der Waals surface area contributed by atoms with Gasteiger partial charge in [-0.1, -0.05) is 19.1 Å². The predicted octanol–water partition coefficient (Wildman–Crippen LogP) is 2.70. The highest BCUT2D eigenvalue weighted by Crippen LogP contribution is 2.17. The lowest BCUT2D eigenvalue weighted by Crippen LogP contribution is -2.46. The third-order valence-electron chi connectivity index (χ3n) is 3.91. The molecule has 116 valence electrons. The number of ether oxygens (including phenoxy) is 2. The summed E-state index contributed by atoms with van der Waals surface area (Å²) in [6.07, 6.45) is 2.69. The minimum absolute atomic E-state index is 0.0218. The second-order valence-corrected chi connectivity index (χ2v) is 5.61. The zero-order valence-electron chi connectivity index (χ0n) is 13.1. The number of hydrogen-bond acceptors (Lipinski definition) is 3. The van der Waals surface area contributed by atoms with Crippen molar-refractivity contribution in [2.75, 3.05) is 6.61 Å². The highest BCUT2D eigenvalue weighted by Gasteiger charge is 2.25. The quantitative estimate of drug-likeness (QED) is 0.876. The first-order chi connectivity index (χ1) is 10.1. The summed E-state index contributed by atoms with van der Waals surface area (Å²) in [6.45, 7) is 6.65. The molecule has 4 nitrogen and oxygen atoms in total. The number of hydrogen-bond donors (Lipinski definition) is 1. The maximum absolute atomic E-state index is 12.1. The summed E-state index contributed by atoms with van der Waals surface area (Å²) in [5, 5.41) is 2.98. The number of amides is 1. The summed E-state index contributed by atoms with van der Waals surface area (Å²) in [4.78, 5) is 12.1. The number of carbonyl (C=O) groups excluding carboxylic acids is 1. The number of benzene rings is 1. The van der Waals surface area contributed by atoms with Gasteiger partial charge in [0.25, 0.3) is 5.91 Å². The van der Waals surface area contributed by atoms with Gasteiger partial charge in [0.1, 0.15) is 5.75 Å². The summed E-state index contributed by atoms with van der Waals surface area (Å²) < 4.78 is 11.3. The summed E-state index contributed by atoms with van der Waals surface area (Å²) in [5.74, 6) is 0.622. The van der Waals surface area contributed by atoms with Crippen LogP contribution in [0.1, 0.15) is 39.2 Å². The van der Waals surface area contributed by atoms with E-state index < -0.39 is 6.10 Å². The summed E-state index contributed by atoms with van der Waals surface area (Å²) in [5.41, 5.74) is 1.26. The van der Waals surface area contributed by atoms with E-state index in [1.165, 1.54) is 5.56 Å². The van der Waals surface area contributed by atoms with Crippen molar-refractivity contribution in [3.63, 3.8) is 0 Å². The van der Waals surface area contributed by atoms with Crippen LogP contribution in [0.15, 0.2) is 24.3 Å². The van der Waals surface area contributed by atoms with Crippen LogP contribution in [-0.4, -0.2) is 30.8 Å². The van der Waals surface area contributed by atoms with Crippen LogP contribution in [-0.2, 0) is 16.0 Å². The third-order valence-corrected chi connectivity index (χ3v) is 3.91. The Hall–Kier alpha value is -1.55. The monoisotopic (exact) mass is 291 g/mol. The molecule has 1 amide bonds. The lowest BCUT2D eigenvalue weighted by atomic mass is 10.1. The van der Waals surface area contributed by atoms with Crippen LogP contribution >= 0.6 is 0 Å². The van der Waals surface area contributed by atoms with Crippen LogP contribution in [0.3, 0.4) is 0 Å². The molecular formula is C17H25NO3. The van der Waals surface area contributed by atoms with Crippen molar-refractivity contribution in [1.82, 2.24) is 5.32 Å². The first-order valence-electron chi connectivity index (χ1n) is 7.77. The minimum Gasteiger partial charge on any atom is -0.481 e. The Balaban J connectivity index is 1.83. The van der Waals surface area contributed by atoms with E-state index in [-0.39, 0.29) is 18.1 Å². The van der Waals surface area contributed by atoms with Crippen molar-refractivity contribution < 1.29 is 14.3 Å². The smallest absolute Gasteiger partial charge is 0.261 e. The molecular weight excluding hydrogens is 266 g/mol. The Kier molecular flexibility index (Phi) is 5.62. The summed E-state index contributed by atoms with van der Waals surface area (Å²) in [6, 6.07) is 7.89. The van der Waals surface area contributed by atoms with Crippen molar-refractivity contribution in [1.29, 1.82) is 0 Å². The first-order valence-corrected chi connectivity index (χ1v) is 7.77. The van der Waals surface area contributed by atoms with E-state index in [2.05, 4.69) is 12.2 Å². The molecule has 0 spiro atoms. The fraction of sp³-hybridized carbons (Fsp3) is 0.588. The second-order valence-electron chi connectivity index (χ2n) is 5.61. The van der Waals surface area contributed by atoms with Gasteiger partial charge in [0, 0.05) is 6.61 Å². The lowest BCUT2D eigenvalue weighted by Gasteiger charge is -2.22. The Labute approximate surface area is 126 Å². The van der Waals surface area contributed by atoms with Crippen LogP contribution in [0.4, 0.5) is 0 Å². The average Bonchev–Trinajstić information content (AvgIpc) is 3.02. The molecule has 1 aromatic rings. The molecule has 1 heterocycles. The summed E-state index contributed by atoms with van der Waals surface area (Å²) >= 11 is 0. The highest BCUT2D eigenvalue weighted by atomic mass is 16.5. The van der Waals surface area contributed by atoms with E-state index in [1.54, 1.807) is 6.92 Å². The van der Waals surface area contributed by atoms with Crippen molar-refractivity contribution in [3.05, 3.63) is 29.8 Å². The Morgan fingerprint density at radius 3 is 2.67 bits per heavy atom. The van der Waals surface area contributed by atoms with Gasteiger partial charge >= 0.3 is 0 Å². The van der Waals surface area contributed by atoms with E-state index in [0.717, 1.165) is 31.6 Å². The normalized spacial score (nSPS) is 20.8. The van der Waals surface area contributed by atoms with Crippen molar-refractivity contribution in [2.45, 2.75) is 58.3 Å². The Bertz CT molecular complexity index is 452. The molecule has 1 aromatic carbocycles. The maximum Gasteiger partial charge on any atom is 0.261 e. The van der Waals surface area contributed by atoms with Gasteiger partial charge in [-0.15, -0.1) is 0 Å². The summed E-state index contributed by atoms with van der Waals surface area (Å²) in [7, 11) is 0. The zero-order chi connectivity index (χ0) is 15.2. The molecule has 0 saturated carbocycles. The van der Waals surface area contributed by atoms with Gasteiger partial charge in [-0.05, 0) is 50.8 Å². The van der Waals surface area contributed by atoms with E-state index in [0.29, 0.717) is 0 Å². The van der Waals surface area contributed by atoms with E-state index >= 15 is 0 Å². The van der Waals surface area contributed by atoms with Crippen LogP contribution in [0.2, 0.25) is 0 Å². The Morgan fingerprint density at radius 1 is 1.38 bits per heavy atom. The molecule has 1 fully saturated rings. The fourth-order valence-electron chi connectivity index (χ4n) is 2.49. The highest BCUT2D eigenvalue weighted by molar-refractivity contribution is 5.81. The molecule has 1 saturated heterocycles. The van der Waals surface area contributed by atoms with Crippen LogP contribution < -0.4 is 10.1 Å². The second kappa shape index (κ2) is 7.46. The molecule has 3 atom stereocenters. The van der Waals surface area contributed by atoms with Crippen LogP contribution in [0.25, 0.3) is 0 Å². The van der Waals surface area contributed by atoms with Gasteiger partial charge in [0.2, 0.25) is 0 Å². The molecule has 1 N–H and O–H groups in total. The van der Waals surface area contributed by atoms with Crippen molar-refractivity contribution in [2.24, 2.45) is 0 Å². The predicted molar refractivity (Wildman–Crippen MR) is 82.5 cm³/mol. The van der Waals surface area contributed by atoms with Gasteiger partial charge in [-0.2, -0.15) is 0 Å². The molecule has 0 radical (unpaired) electrons. The lowest BCUT2D eigenvalue weighted by molar-refractivity contribution is -0.128. The van der Waals surface area contributed by atoms with Crippen LogP contribution in [0.5, 0.6) is 5.75 Å². The van der Waals surface area contributed by atoms with Gasteiger partial charge in [0.15, 0.2) is 6.10 Å². The van der Waals surface area contributed by atoms with Crippen molar-refractivity contribution in [3.8, 4) is 5.75 Å². The minimum atomic E-state index is -0.513. The Morgan fingerprint density at radius 2 is 2.10 bits per heavy atom. The largest absolute Gasteiger partial charge is 0.481 e. The first kappa shape index (κ1) is 15.8. The molecule has 4 heteroatoms. The third kappa shape index (κ3) is 4.46. The fourth-order valence-corrected chi connectivity index (χ4v) is 2.49. The molecule has 0 unspecified atom stereocenters. The van der Waals surface area contributed by atoms with E-state index in [4.69, 9.17) is 9.47 Å². The average molecular weight is 291 g/mol. The number of aryl methyl sites for hydroxylation is 1. The van der Waals surface area contributed by atoms with E-state index in [1.807, 2.05) is 31.2 Å². The number of nitrogens with one attached hydrogen (secondary N) is 1. The molecule has 0 aromatic heterocycles.